The third kappa shape index (κ3) is 3.19. The second-order valence-corrected chi connectivity index (χ2v) is 4.07. The van der Waals surface area contributed by atoms with Gasteiger partial charge in [-0.3, -0.25) is 0 Å². The molecule has 0 bridgehead atoms. The van der Waals surface area contributed by atoms with E-state index in [0.29, 0.717) is 0 Å². The molecule has 0 fully saturated rings. The number of aromatic hydroxyl groups is 1. The molecule has 0 radical (unpaired) electrons. The minimum atomic E-state index is -1.28. The summed E-state index contributed by atoms with van der Waals surface area (Å²) in [5, 5.41) is 36.6. The van der Waals surface area contributed by atoms with Gasteiger partial charge in [0.25, 0.3) is 0 Å². The smallest absolute Gasteiger partial charge is 0.341 e. The lowest BCUT2D eigenvalue weighted by Crippen LogP contribution is -2.39. The van der Waals surface area contributed by atoms with E-state index in [2.05, 4.69) is 0 Å². The van der Waals surface area contributed by atoms with Crippen LogP contribution in [0.1, 0.15) is 10.4 Å². The highest BCUT2D eigenvalue weighted by atomic mass is 16.5. The molecule has 0 unspecified atom stereocenters. The number of carbonyl (C=O) groups excluding carboxylic acids is 1. The Hall–Kier alpha value is -1.63. The standard InChI is InChI=1S/C12H16O6/c13-5-12(6-14,7-15)8-18-11(17)9-3-1-2-4-10(9)16/h1-4,13-16H,5-8H2. The second-order valence-electron chi connectivity index (χ2n) is 4.07. The van der Waals surface area contributed by atoms with E-state index in [4.69, 9.17) is 20.1 Å². The molecule has 1 aromatic carbocycles. The monoisotopic (exact) mass is 256 g/mol. The fourth-order valence-electron chi connectivity index (χ4n) is 1.23. The van der Waals surface area contributed by atoms with Gasteiger partial charge in [-0.15, -0.1) is 0 Å². The Bertz CT molecular complexity index is 391. The van der Waals surface area contributed by atoms with Gasteiger partial charge in [-0.2, -0.15) is 0 Å². The molecule has 0 saturated heterocycles. The maximum atomic E-state index is 11.6. The van der Waals surface area contributed by atoms with E-state index in [1.165, 1.54) is 12.1 Å². The minimum absolute atomic E-state index is 0.0137. The minimum Gasteiger partial charge on any atom is -0.507 e. The molecule has 0 aliphatic carbocycles. The number of para-hydroxylation sites is 1. The highest BCUT2D eigenvalue weighted by Crippen LogP contribution is 2.20. The lowest BCUT2D eigenvalue weighted by molar-refractivity contribution is -0.0441. The Labute approximate surface area is 104 Å². The number of phenols is 1. The van der Waals surface area contributed by atoms with Gasteiger partial charge in [0.05, 0.1) is 25.2 Å². The normalized spacial score (nSPS) is 11.3. The van der Waals surface area contributed by atoms with Crippen molar-refractivity contribution < 1.29 is 30.0 Å². The van der Waals surface area contributed by atoms with Crippen LogP contribution >= 0.6 is 0 Å². The van der Waals surface area contributed by atoms with Crippen molar-refractivity contribution in [2.75, 3.05) is 26.4 Å². The first kappa shape index (κ1) is 14.4. The molecule has 0 amide bonds. The van der Waals surface area contributed by atoms with Crippen LogP contribution in [0.25, 0.3) is 0 Å². The molecular weight excluding hydrogens is 240 g/mol. The third-order valence-electron chi connectivity index (χ3n) is 2.64. The van der Waals surface area contributed by atoms with Crippen LogP contribution in [0.4, 0.5) is 0 Å². The average molecular weight is 256 g/mol. The Morgan fingerprint density at radius 1 is 1.11 bits per heavy atom. The summed E-state index contributed by atoms with van der Waals surface area (Å²) in [4.78, 5) is 11.6. The zero-order valence-corrected chi connectivity index (χ0v) is 9.74. The van der Waals surface area contributed by atoms with Gasteiger partial charge in [0.2, 0.25) is 0 Å². The van der Waals surface area contributed by atoms with E-state index < -0.39 is 31.2 Å². The van der Waals surface area contributed by atoms with Crippen LogP contribution in [0.15, 0.2) is 24.3 Å². The summed E-state index contributed by atoms with van der Waals surface area (Å²) in [6, 6.07) is 5.85. The molecule has 1 rings (SSSR count). The van der Waals surface area contributed by atoms with Gasteiger partial charge >= 0.3 is 5.97 Å². The van der Waals surface area contributed by atoms with Crippen LogP contribution in [0.5, 0.6) is 5.75 Å². The summed E-state index contributed by atoms with van der Waals surface area (Å²) in [5.74, 6) is -1.00. The molecule has 0 aliphatic heterocycles. The van der Waals surface area contributed by atoms with Crippen molar-refractivity contribution in [2.45, 2.75) is 0 Å². The molecule has 0 atom stereocenters. The van der Waals surface area contributed by atoms with Crippen molar-refractivity contribution in [3.8, 4) is 5.75 Å². The highest BCUT2D eigenvalue weighted by molar-refractivity contribution is 5.92. The van der Waals surface area contributed by atoms with Gasteiger partial charge in [0.15, 0.2) is 0 Å². The van der Waals surface area contributed by atoms with Crippen molar-refractivity contribution in [3.05, 3.63) is 29.8 Å². The summed E-state index contributed by atoms with van der Waals surface area (Å²) in [7, 11) is 0. The van der Waals surface area contributed by atoms with Gasteiger partial charge in [-0.05, 0) is 12.1 Å². The molecule has 6 nitrogen and oxygen atoms in total. The van der Waals surface area contributed by atoms with E-state index >= 15 is 0 Å². The van der Waals surface area contributed by atoms with Crippen molar-refractivity contribution >= 4 is 5.97 Å². The number of carbonyl (C=O) groups is 1. The molecule has 0 heterocycles. The summed E-state index contributed by atoms with van der Waals surface area (Å²) in [6.07, 6.45) is 0. The van der Waals surface area contributed by atoms with E-state index in [0.717, 1.165) is 0 Å². The Kier molecular flexibility index (Phi) is 5.08. The lowest BCUT2D eigenvalue weighted by atomic mass is 9.92. The quantitative estimate of drug-likeness (QED) is 0.512. The van der Waals surface area contributed by atoms with Gasteiger partial charge in [-0.25, -0.2) is 4.79 Å². The molecule has 100 valence electrons. The fraction of sp³-hybridized carbons (Fsp3) is 0.417. The van der Waals surface area contributed by atoms with Gasteiger partial charge in [0, 0.05) is 0 Å². The highest BCUT2D eigenvalue weighted by Gasteiger charge is 2.30. The van der Waals surface area contributed by atoms with Crippen molar-refractivity contribution in [1.82, 2.24) is 0 Å². The first-order valence-electron chi connectivity index (χ1n) is 5.36. The molecule has 0 aliphatic rings. The summed E-state index contributed by atoms with van der Waals surface area (Å²) in [5.41, 5.74) is -1.29. The number of hydrogen-bond donors (Lipinski definition) is 4. The Morgan fingerprint density at radius 3 is 2.17 bits per heavy atom. The van der Waals surface area contributed by atoms with Gasteiger partial charge in [-0.1, -0.05) is 12.1 Å². The third-order valence-corrected chi connectivity index (χ3v) is 2.64. The summed E-state index contributed by atoms with van der Waals surface area (Å²) >= 11 is 0. The van der Waals surface area contributed by atoms with E-state index in [1.54, 1.807) is 12.1 Å². The van der Waals surface area contributed by atoms with E-state index in [1.807, 2.05) is 0 Å². The predicted molar refractivity (Wildman–Crippen MR) is 62.1 cm³/mol. The molecule has 0 aromatic heterocycles. The molecule has 0 saturated carbocycles. The lowest BCUT2D eigenvalue weighted by Gasteiger charge is -2.26. The summed E-state index contributed by atoms with van der Waals surface area (Å²) in [6.45, 7) is -1.90. The van der Waals surface area contributed by atoms with Crippen LogP contribution in [-0.2, 0) is 4.74 Å². The Morgan fingerprint density at radius 2 is 1.67 bits per heavy atom. The fourth-order valence-corrected chi connectivity index (χ4v) is 1.23. The first-order chi connectivity index (χ1) is 8.58. The largest absolute Gasteiger partial charge is 0.507 e. The number of hydrogen-bond acceptors (Lipinski definition) is 6. The molecule has 6 heteroatoms. The van der Waals surface area contributed by atoms with E-state index in [9.17, 15) is 9.90 Å². The molecule has 1 aromatic rings. The Balaban J connectivity index is 2.69. The maximum absolute atomic E-state index is 11.6. The van der Waals surface area contributed by atoms with Gasteiger partial charge in [0.1, 0.15) is 17.9 Å². The topological polar surface area (TPSA) is 107 Å². The van der Waals surface area contributed by atoms with E-state index in [-0.39, 0.29) is 17.9 Å². The molecular formula is C12H16O6. The maximum Gasteiger partial charge on any atom is 0.341 e. The molecule has 18 heavy (non-hydrogen) atoms. The summed E-state index contributed by atoms with van der Waals surface area (Å²) < 4.78 is 4.87. The first-order valence-corrected chi connectivity index (χ1v) is 5.36. The molecule has 0 spiro atoms. The SMILES string of the molecule is O=C(OCC(CO)(CO)CO)c1ccccc1O. The number of rotatable bonds is 6. The van der Waals surface area contributed by atoms with Gasteiger partial charge < -0.3 is 25.2 Å². The molecule has 4 N–H and O–H groups in total. The average Bonchev–Trinajstić information content (AvgIpc) is 2.41. The number of ether oxygens (including phenoxy) is 1. The van der Waals surface area contributed by atoms with Crippen LogP contribution in [0.3, 0.4) is 0 Å². The van der Waals surface area contributed by atoms with Crippen LogP contribution in [0.2, 0.25) is 0 Å². The van der Waals surface area contributed by atoms with Crippen molar-refractivity contribution in [1.29, 1.82) is 0 Å². The zero-order chi connectivity index (χ0) is 13.6. The van der Waals surface area contributed by atoms with Crippen LogP contribution in [0, 0.1) is 5.41 Å². The van der Waals surface area contributed by atoms with Crippen LogP contribution in [-0.4, -0.2) is 52.8 Å². The zero-order valence-electron chi connectivity index (χ0n) is 9.74. The van der Waals surface area contributed by atoms with Crippen molar-refractivity contribution in [2.24, 2.45) is 5.41 Å². The van der Waals surface area contributed by atoms with Crippen LogP contribution < -0.4 is 0 Å². The number of benzene rings is 1. The number of phenolic OH excluding ortho intramolecular Hbond substituents is 1. The number of esters is 1. The number of aliphatic hydroxyl groups is 3. The predicted octanol–water partition coefficient (Wildman–Crippen LogP) is -0.488. The van der Waals surface area contributed by atoms with Crippen molar-refractivity contribution in [3.63, 3.8) is 0 Å². The second kappa shape index (κ2) is 6.34. The number of aliphatic hydroxyl groups excluding tert-OH is 3.